The average Bonchev–Trinajstić information content (AvgIpc) is 2.65. The molecular weight excluding hydrogens is 318 g/mol. The van der Waals surface area contributed by atoms with E-state index in [-0.39, 0.29) is 19.1 Å². The lowest BCUT2D eigenvalue weighted by molar-refractivity contribution is 0.0944. The lowest BCUT2D eigenvalue weighted by atomic mass is 10.1. The molecule has 1 aliphatic rings. The predicted molar refractivity (Wildman–Crippen MR) is 101 cm³/mol. The third-order valence-corrected chi connectivity index (χ3v) is 4.22. The monoisotopic (exact) mass is 349 g/mol. The predicted octanol–water partition coefficient (Wildman–Crippen LogP) is 1.52. The average molecular weight is 349 g/mol. The molecule has 2 heterocycles. The maximum atomic E-state index is 12.2. The van der Waals surface area contributed by atoms with Crippen molar-refractivity contribution in [3.63, 3.8) is 0 Å². The Morgan fingerprint density at radius 2 is 1.80 bits per heavy atom. The van der Waals surface area contributed by atoms with Gasteiger partial charge >= 0.3 is 0 Å². The number of aliphatic hydroxyl groups is 1. The molecule has 0 bridgehead atoms. The highest BCUT2D eigenvalue weighted by atomic mass is 16.3. The summed E-state index contributed by atoms with van der Waals surface area (Å²) in [6, 6.07) is 3.51. The summed E-state index contributed by atoms with van der Waals surface area (Å²) in [5.74, 6) is 1.20. The smallest absolute Gasteiger partial charge is 0.251 e. The van der Waals surface area contributed by atoms with E-state index in [9.17, 15) is 4.79 Å². The first-order valence-corrected chi connectivity index (χ1v) is 9.34. The maximum Gasteiger partial charge on any atom is 0.251 e. The van der Waals surface area contributed by atoms with Crippen molar-refractivity contribution in [3.05, 3.63) is 17.7 Å². The molecule has 7 heteroatoms. The number of rotatable bonds is 10. The van der Waals surface area contributed by atoms with E-state index < -0.39 is 0 Å². The third kappa shape index (κ3) is 6.88. The SMILES string of the molecule is CCCNc1cc(C(=O)NCCO)cc(NCCN2CCCCC2)n1. The van der Waals surface area contributed by atoms with Crippen molar-refractivity contribution in [1.29, 1.82) is 0 Å². The van der Waals surface area contributed by atoms with Crippen LogP contribution in [0.15, 0.2) is 12.1 Å². The fourth-order valence-corrected chi connectivity index (χ4v) is 2.89. The van der Waals surface area contributed by atoms with Crippen LogP contribution in [0.4, 0.5) is 11.6 Å². The van der Waals surface area contributed by atoms with Gasteiger partial charge in [0.1, 0.15) is 11.6 Å². The molecule has 25 heavy (non-hydrogen) atoms. The number of likely N-dealkylation sites (tertiary alicyclic amines) is 1. The molecule has 1 saturated heterocycles. The Hall–Kier alpha value is -1.86. The topological polar surface area (TPSA) is 89.5 Å². The summed E-state index contributed by atoms with van der Waals surface area (Å²) in [4.78, 5) is 19.2. The number of carbonyl (C=O) groups excluding carboxylic acids is 1. The highest BCUT2D eigenvalue weighted by Crippen LogP contribution is 2.15. The summed E-state index contributed by atoms with van der Waals surface area (Å²) in [7, 11) is 0. The van der Waals surface area contributed by atoms with Crippen molar-refractivity contribution < 1.29 is 9.90 Å². The zero-order valence-electron chi connectivity index (χ0n) is 15.2. The van der Waals surface area contributed by atoms with Gasteiger partial charge in [-0.25, -0.2) is 4.98 Å². The summed E-state index contributed by atoms with van der Waals surface area (Å²) < 4.78 is 0. The first-order valence-electron chi connectivity index (χ1n) is 9.34. The van der Waals surface area contributed by atoms with Gasteiger partial charge in [0.25, 0.3) is 5.91 Å². The normalized spacial score (nSPS) is 15.0. The van der Waals surface area contributed by atoms with E-state index in [1.807, 2.05) is 0 Å². The van der Waals surface area contributed by atoms with Crippen LogP contribution < -0.4 is 16.0 Å². The number of nitrogens with one attached hydrogen (secondary N) is 3. The van der Waals surface area contributed by atoms with E-state index in [4.69, 9.17) is 5.11 Å². The molecule has 1 aromatic heterocycles. The number of hydrogen-bond acceptors (Lipinski definition) is 6. The minimum atomic E-state index is -0.199. The molecule has 0 spiro atoms. The van der Waals surface area contributed by atoms with Crippen LogP contribution in [0.1, 0.15) is 43.0 Å². The van der Waals surface area contributed by atoms with Gasteiger partial charge in [-0.3, -0.25) is 4.79 Å². The molecule has 0 aliphatic carbocycles. The molecular formula is C18H31N5O2. The highest BCUT2D eigenvalue weighted by Gasteiger charge is 2.11. The standard InChI is InChI=1S/C18H31N5O2/c1-2-6-19-16-13-15(18(25)21-8-12-24)14-17(22-16)20-7-11-23-9-4-3-5-10-23/h13-14,24H,2-12H2,1H3,(H,21,25)(H2,19,20,22). The Morgan fingerprint density at radius 3 is 2.44 bits per heavy atom. The fraction of sp³-hybridized carbons (Fsp3) is 0.667. The summed E-state index contributed by atoms with van der Waals surface area (Å²) in [5.41, 5.74) is 0.544. The molecule has 140 valence electrons. The Morgan fingerprint density at radius 1 is 1.12 bits per heavy atom. The van der Waals surface area contributed by atoms with Crippen molar-refractivity contribution in [2.45, 2.75) is 32.6 Å². The second kappa shape index (κ2) is 10.9. The fourth-order valence-electron chi connectivity index (χ4n) is 2.89. The van der Waals surface area contributed by atoms with Crippen molar-refractivity contribution in [3.8, 4) is 0 Å². The largest absolute Gasteiger partial charge is 0.395 e. The Kier molecular flexibility index (Phi) is 8.48. The van der Waals surface area contributed by atoms with Crippen molar-refractivity contribution >= 4 is 17.5 Å². The second-order valence-corrected chi connectivity index (χ2v) is 6.36. The number of anilines is 2. The van der Waals surface area contributed by atoms with Crippen LogP contribution in [-0.4, -0.2) is 66.8 Å². The van der Waals surface area contributed by atoms with Gasteiger partial charge in [-0.1, -0.05) is 13.3 Å². The number of pyridine rings is 1. The lowest BCUT2D eigenvalue weighted by Gasteiger charge is -2.26. The van der Waals surface area contributed by atoms with Gasteiger partial charge in [0.2, 0.25) is 0 Å². The summed E-state index contributed by atoms with van der Waals surface area (Å²) in [6.07, 6.45) is 4.89. The van der Waals surface area contributed by atoms with E-state index in [2.05, 4.69) is 32.8 Å². The van der Waals surface area contributed by atoms with Crippen LogP contribution in [-0.2, 0) is 0 Å². The Balaban J connectivity index is 1.97. The third-order valence-electron chi connectivity index (χ3n) is 4.22. The van der Waals surface area contributed by atoms with Gasteiger partial charge in [0, 0.05) is 31.7 Å². The van der Waals surface area contributed by atoms with Gasteiger partial charge in [-0.2, -0.15) is 0 Å². The maximum absolute atomic E-state index is 12.2. The van der Waals surface area contributed by atoms with E-state index in [1.165, 1.54) is 32.4 Å². The van der Waals surface area contributed by atoms with E-state index in [0.29, 0.717) is 17.2 Å². The van der Waals surface area contributed by atoms with Crippen molar-refractivity contribution in [2.24, 2.45) is 0 Å². The minimum absolute atomic E-state index is 0.0707. The van der Waals surface area contributed by atoms with Gasteiger partial charge in [-0.05, 0) is 44.5 Å². The molecule has 1 amide bonds. The zero-order valence-corrected chi connectivity index (χ0v) is 15.2. The van der Waals surface area contributed by atoms with E-state index in [1.54, 1.807) is 12.1 Å². The number of aliphatic hydroxyl groups excluding tert-OH is 1. The number of carbonyl (C=O) groups is 1. The summed E-state index contributed by atoms with van der Waals surface area (Å²) in [6.45, 7) is 7.20. The van der Waals surface area contributed by atoms with Crippen LogP contribution >= 0.6 is 0 Å². The first kappa shape index (κ1) is 19.5. The molecule has 7 nitrogen and oxygen atoms in total. The summed E-state index contributed by atoms with van der Waals surface area (Å²) in [5, 5.41) is 18.1. The second-order valence-electron chi connectivity index (χ2n) is 6.36. The molecule has 0 saturated carbocycles. The van der Waals surface area contributed by atoms with Crippen LogP contribution in [0.3, 0.4) is 0 Å². The Bertz CT molecular complexity index is 532. The van der Waals surface area contributed by atoms with Gasteiger partial charge in [-0.15, -0.1) is 0 Å². The van der Waals surface area contributed by atoms with E-state index in [0.717, 1.165) is 26.1 Å². The minimum Gasteiger partial charge on any atom is -0.395 e. The van der Waals surface area contributed by atoms with Gasteiger partial charge in [0.15, 0.2) is 0 Å². The number of hydrogen-bond donors (Lipinski definition) is 4. The molecule has 0 radical (unpaired) electrons. The molecule has 0 atom stereocenters. The van der Waals surface area contributed by atoms with Gasteiger partial charge in [0.05, 0.1) is 6.61 Å². The highest BCUT2D eigenvalue weighted by molar-refractivity contribution is 5.95. The number of nitrogens with zero attached hydrogens (tertiary/aromatic N) is 2. The van der Waals surface area contributed by atoms with Crippen molar-refractivity contribution in [1.82, 2.24) is 15.2 Å². The molecule has 1 aromatic rings. The molecule has 4 N–H and O–H groups in total. The van der Waals surface area contributed by atoms with E-state index >= 15 is 0 Å². The zero-order chi connectivity index (χ0) is 17.9. The van der Waals surface area contributed by atoms with Crippen molar-refractivity contribution in [2.75, 3.05) is 56.5 Å². The van der Waals surface area contributed by atoms with Crippen LogP contribution in [0.25, 0.3) is 0 Å². The van der Waals surface area contributed by atoms with Crippen LogP contribution in [0.5, 0.6) is 0 Å². The molecule has 2 rings (SSSR count). The quantitative estimate of drug-likeness (QED) is 0.512. The Labute approximate surface area is 150 Å². The number of amides is 1. The van der Waals surface area contributed by atoms with Crippen LogP contribution in [0.2, 0.25) is 0 Å². The molecule has 1 fully saturated rings. The lowest BCUT2D eigenvalue weighted by Crippen LogP contribution is -2.33. The number of aromatic nitrogens is 1. The molecule has 0 aromatic carbocycles. The number of piperidine rings is 1. The first-order chi connectivity index (χ1) is 12.2. The summed E-state index contributed by atoms with van der Waals surface area (Å²) >= 11 is 0. The molecule has 1 aliphatic heterocycles. The van der Waals surface area contributed by atoms with Crippen LogP contribution in [0, 0.1) is 0 Å². The van der Waals surface area contributed by atoms with Gasteiger partial charge < -0.3 is 26.0 Å². The molecule has 0 unspecified atom stereocenters.